The Bertz CT molecular complexity index is 4170. The number of fused-ring (bicyclic) bond motifs is 3. The monoisotopic (exact) mass is 724 g/mol. The van der Waals surface area contributed by atoms with Crippen molar-refractivity contribution in [2.24, 2.45) is 0 Å². The molecule has 0 spiro atoms. The van der Waals surface area contributed by atoms with Gasteiger partial charge in [-0.3, -0.25) is 0 Å². The molecular weight excluding hydrogens is 669 g/mol. The minimum Gasteiger partial charge on any atom is -0.308 e. The SMILES string of the molecule is [2H]c1c([2H])c([2H])c(-c2ccc(-n3c4c([2H])c([2H])c([2H])c([2H])c4c4c([2H])c([2H])c(-c5c([2H])c([2H])c([2H])c([2H])c5[2H])c([2H])c43)c(-c3nc(-c4cccc(-c5ccccc5)c4)nc(-c4c([2H])c([2H])c([2H])c([2H])c4[2H])n3)c2)c([2H])c1[2H]. The van der Waals surface area contributed by atoms with Gasteiger partial charge in [0.25, 0.3) is 0 Å². The largest absolute Gasteiger partial charge is 0.308 e. The average molecular weight is 725 g/mol. The number of hydrogen-bond donors (Lipinski definition) is 0. The molecule has 2 heterocycles. The molecule has 8 aromatic carbocycles. The molecule has 0 saturated heterocycles. The molecule has 2 aromatic heterocycles. The van der Waals surface area contributed by atoms with E-state index in [0.29, 0.717) is 11.1 Å². The molecule has 0 aliphatic heterocycles. The van der Waals surface area contributed by atoms with Crippen LogP contribution in [0.4, 0.5) is 0 Å². The summed E-state index contributed by atoms with van der Waals surface area (Å²) in [6, 6.07) is 3.37. The lowest BCUT2D eigenvalue weighted by Gasteiger charge is -2.17. The van der Waals surface area contributed by atoms with Gasteiger partial charge in [-0.1, -0.05) is 175 Å². The Kier molecular flexibility index (Phi) is 4.21. The molecular formula is C51H34N4. The van der Waals surface area contributed by atoms with Crippen molar-refractivity contribution in [3.63, 3.8) is 0 Å². The van der Waals surface area contributed by atoms with Gasteiger partial charge >= 0.3 is 0 Å². The van der Waals surface area contributed by atoms with Crippen molar-refractivity contribution in [2.75, 3.05) is 0 Å². The summed E-state index contributed by atoms with van der Waals surface area (Å²) in [5.74, 6) is -1.05. The second-order valence-corrected chi connectivity index (χ2v) is 12.0. The summed E-state index contributed by atoms with van der Waals surface area (Å²) >= 11 is 0. The summed E-state index contributed by atoms with van der Waals surface area (Å²) in [6.45, 7) is 0. The lowest BCUT2D eigenvalue weighted by Crippen LogP contribution is -2.04. The molecule has 0 radical (unpaired) electrons. The predicted octanol–water partition coefficient (Wildman–Crippen LogP) is 13.0. The van der Waals surface area contributed by atoms with Crippen LogP contribution in [0.3, 0.4) is 0 Å². The van der Waals surface area contributed by atoms with Gasteiger partial charge in [-0.05, 0) is 63.7 Å². The molecule has 4 heteroatoms. The Balaban J connectivity index is 1.43. The molecule has 0 fully saturated rings. The van der Waals surface area contributed by atoms with Crippen molar-refractivity contribution in [1.29, 1.82) is 0 Å². The molecule has 0 saturated carbocycles. The number of nitrogens with zero attached hydrogens (tertiary/aromatic N) is 4. The fraction of sp³-hybridized carbons (Fsp3) is 0. The summed E-state index contributed by atoms with van der Waals surface area (Å²) in [7, 11) is 0. The van der Waals surface area contributed by atoms with Crippen LogP contribution in [-0.4, -0.2) is 19.5 Å². The maximum absolute atomic E-state index is 9.92. The van der Waals surface area contributed by atoms with Gasteiger partial charge in [0.1, 0.15) is 0 Å². The lowest BCUT2D eigenvalue weighted by atomic mass is 10.0. The standard InChI is InChI=1S/C51H34N4/c1-5-16-35(17-6-1)39-24-15-25-42(32-39)50-52-49(38-22-11-4-12-23-38)53-51(54-50)45-33-40(36-18-7-2-8-19-36)29-31-47(45)55-46-27-14-13-26-43(46)44-30-28-41(34-48(44)55)37-20-9-3-10-21-37/h1-34H/i2D,3D,4D,7D,8D,9D,10D,11D,12D,13D,14D,18D,19D,20D,21D,22D,23D,26D,27D,28D,30D,34D. The van der Waals surface area contributed by atoms with E-state index in [1.807, 2.05) is 36.4 Å². The van der Waals surface area contributed by atoms with Crippen molar-refractivity contribution >= 4 is 21.8 Å². The number of para-hydroxylation sites is 1. The van der Waals surface area contributed by atoms with Gasteiger partial charge in [0.05, 0.1) is 46.9 Å². The normalized spacial score (nSPS) is 16.9. The van der Waals surface area contributed by atoms with E-state index >= 15 is 0 Å². The highest BCUT2D eigenvalue weighted by Gasteiger charge is 2.21. The molecule has 55 heavy (non-hydrogen) atoms. The second-order valence-electron chi connectivity index (χ2n) is 12.0. The van der Waals surface area contributed by atoms with E-state index in [4.69, 9.17) is 33.3 Å². The van der Waals surface area contributed by atoms with Crippen molar-refractivity contribution in [1.82, 2.24) is 19.5 Å². The first-order chi connectivity index (χ1) is 36.4. The molecule has 0 atom stereocenters. The number of rotatable bonds is 7. The first kappa shape index (κ1) is 16.7. The lowest BCUT2D eigenvalue weighted by molar-refractivity contribution is 1.06. The first-order valence-corrected chi connectivity index (χ1v) is 16.7. The minimum absolute atomic E-state index is 0.0821. The second kappa shape index (κ2) is 13.8. The van der Waals surface area contributed by atoms with Crippen molar-refractivity contribution in [3.8, 4) is 73.2 Å². The van der Waals surface area contributed by atoms with Gasteiger partial charge in [-0.15, -0.1) is 0 Å². The Morgan fingerprint density at radius 1 is 0.364 bits per heavy atom. The van der Waals surface area contributed by atoms with Crippen LogP contribution in [0.15, 0.2) is 206 Å². The summed E-state index contributed by atoms with van der Waals surface area (Å²) in [5.41, 5.74) is -1.72. The third-order valence-electron chi connectivity index (χ3n) is 8.76. The molecule has 10 aromatic rings. The molecule has 0 aliphatic rings. The third kappa shape index (κ3) is 6.06. The Labute approximate surface area is 350 Å². The van der Waals surface area contributed by atoms with E-state index in [1.54, 1.807) is 18.2 Å². The zero-order valence-electron chi connectivity index (χ0n) is 50.2. The van der Waals surface area contributed by atoms with Crippen molar-refractivity contribution in [3.05, 3.63) is 206 Å². The number of hydrogen-bond acceptors (Lipinski definition) is 3. The zero-order chi connectivity index (χ0) is 55.7. The van der Waals surface area contributed by atoms with Crippen LogP contribution in [0.1, 0.15) is 30.2 Å². The van der Waals surface area contributed by atoms with Crippen LogP contribution in [0, 0.1) is 0 Å². The molecule has 0 bridgehead atoms. The van der Waals surface area contributed by atoms with Crippen LogP contribution in [0.25, 0.3) is 95.0 Å². The molecule has 4 nitrogen and oxygen atoms in total. The van der Waals surface area contributed by atoms with Crippen LogP contribution < -0.4 is 0 Å². The maximum Gasteiger partial charge on any atom is 0.166 e. The summed E-state index contributed by atoms with van der Waals surface area (Å²) < 4.78 is 196. The van der Waals surface area contributed by atoms with Crippen LogP contribution >= 0.6 is 0 Å². The van der Waals surface area contributed by atoms with E-state index < -0.39 is 178 Å². The predicted molar refractivity (Wildman–Crippen MR) is 227 cm³/mol. The van der Waals surface area contributed by atoms with Gasteiger partial charge in [-0.25, -0.2) is 15.0 Å². The van der Waals surface area contributed by atoms with Gasteiger partial charge in [0, 0.05) is 27.5 Å². The first-order valence-electron chi connectivity index (χ1n) is 27.7. The number of benzene rings is 8. The van der Waals surface area contributed by atoms with Gasteiger partial charge in [-0.2, -0.15) is 0 Å². The third-order valence-corrected chi connectivity index (χ3v) is 8.76. The fourth-order valence-electron chi connectivity index (χ4n) is 6.28. The average Bonchev–Trinajstić information content (AvgIpc) is 3.80. The van der Waals surface area contributed by atoms with Gasteiger partial charge in [0.15, 0.2) is 17.5 Å². The molecule has 0 unspecified atom stereocenters. The van der Waals surface area contributed by atoms with Crippen molar-refractivity contribution in [2.45, 2.75) is 0 Å². The topological polar surface area (TPSA) is 43.6 Å². The smallest absolute Gasteiger partial charge is 0.166 e. The highest BCUT2D eigenvalue weighted by Crippen LogP contribution is 2.39. The zero-order valence-corrected chi connectivity index (χ0v) is 28.2. The van der Waals surface area contributed by atoms with Crippen LogP contribution in [-0.2, 0) is 0 Å². The maximum atomic E-state index is 9.92. The fourth-order valence-corrected chi connectivity index (χ4v) is 6.28. The Morgan fingerprint density at radius 2 is 0.927 bits per heavy atom. The van der Waals surface area contributed by atoms with Gasteiger partial charge in [0.2, 0.25) is 0 Å². The van der Waals surface area contributed by atoms with Gasteiger partial charge < -0.3 is 4.57 Å². The molecule has 258 valence electrons. The quantitative estimate of drug-likeness (QED) is 0.164. The number of aromatic nitrogens is 4. The Morgan fingerprint density at radius 3 is 1.67 bits per heavy atom. The van der Waals surface area contributed by atoms with Crippen LogP contribution in [0.2, 0.25) is 0 Å². The molecule has 10 rings (SSSR count). The Hall–Kier alpha value is -7.43. The van der Waals surface area contributed by atoms with E-state index in [9.17, 15) is 6.85 Å². The molecule has 0 N–H and O–H groups in total. The van der Waals surface area contributed by atoms with E-state index in [2.05, 4.69) is 4.98 Å². The van der Waals surface area contributed by atoms with E-state index in [0.717, 1.165) is 10.1 Å². The summed E-state index contributed by atoms with van der Waals surface area (Å²) in [4.78, 5) is 14.3. The molecule has 0 amide bonds. The summed E-state index contributed by atoms with van der Waals surface area (Å²) in [5, 5.41) is -0.771. The molecule has 0 aliphatic carbocycles. The minimum atomic E-state index is -0.832. The van der Waals surface area contributed by atoms with Crippen LogP contribution in [0.5, 0.6) is 0 Å². The summed E-state index contributed by atoms with van der Waals surface area (Å²) in [6.07, 6.45) is 0. The van der Waals surface area contributed by atoms with E-state index in [-0.39, 0.29) is 33.6 Å². The van der Waals surface area contributed by atoms with Crippen molar-refractivity contribution < 1.29 is 30.2 Å². The van der Waals surface area contributed by atoms with E-state index in [1.165, 1.54) is 18.2 Å². The highest BCUT2D eigenvalue weighted by molar-refractivity contribution is 6.10. The highest BCUT2D eigenvalue weighted by atomic mass is 15.1.